The van der Waals surface area contributed by atoms with Crippen LogP contribution in [0, 0.1) is 5.41 Å². The maximum absolute atomic E-state index is 12.6. The molecule has 0 bridgehead atoms. The van der Waals surface area contributed by atoms with Crippen LogP contribution in [-0.2, 0) is 0 Å². The van der Waals surface area contributed by atoms with Crippen LogP contribution < -0.4 is 15.4 Å². The second-order valence-corrected chi connectivity index (χ2v) is 7.41. The van der Waals surface area contributed by atoms with Crippen molar-refractivity contribution in [2.45, 2.75) is 52.3 Å². The van der Waals surface area contributed by atoms with E-state index in [9.17, 15) is 13.2 Å². The highest BCUT2D eigenvalue weighted by Crippen LogP contribution is 2.45. The molecular weight excluding hydrogens is 353 g/mol. The van der Waals surface area contributed by atoms with Gasteiger partial charge in [-0.3, -0.25) is 0 Å². The normalized spacial score (nSPS) is 21.9. The van der Waals surface area contributed by atoms with Gasteiger partial charge in [-0.05, 0) is 69.8 Å². The van der Waals surface area contributed by atoms with E-state index in [-0.39, 0.29) is 11.2 Å². The van der Waals surface area contributed by atoms with Gasteiger partial charge in [-0.2, -0.15) is 0 Å². The van der Waals surface area contributed by atoms with Crippen LogP contribution in [0.4, 0.5) is 13.2 Å². The Morgan fingerprint density at radius 3 is 2.59 bits per heavy atom. The number of benzene rings is 1. The van der Waals surface area contributed by atoms with Gasteiger partial charge in [0.05, 0.1) is 0 Å². The molecule has 1 saturated heterocycles. The Bertz CT molecular complexity index is 731. The molecule has 0 atom stereocenters. The van der Waals surface area contributed by atoms with Gasteiger partial charge < -0.3 is 15.4 Å². The van der Waals surface area contributed by atoms with Gasteiger partial charge in [0, 0.05) is 22.4 Å². The van der Waals surface area contributed by atoms with Gasteiger partial charge in [-0.25, -0.2) is 0 Å². The van der Waals surface area contributed by atoms with Gasteiger partial charge in [0.1, 0.15) is 5.75 Å². The molecule has 1 aromatic carbocycles. The Kier molecular flexibility index (Phi) is 5.84. The maximum atomic E-state index is 12.6. The number of hydrogen-bond donors (Lipinski definition) is 2. The molecule has 3 rings (SSSR count). The summed E-state index contributed by atoms with van der Waals surface area (Å²) in [6.45, 7) is 6.16. The zero-order chi connectivity index (χ0) is 19.5. The maximum Gasteiger partial charge on any atom is 0.573 e. The third-order valence-corrected chi connectivity index (χ3v) is 5.56. The number of rotatable bonds is 3. The van der Waals surface area contributed by atoms with Gasteiger partial charge in [0.2, 0.25) is 0 Å². The highest BCUT2D eigenvalue weighted by Gasteiger charge is 2.38. The number of ether oxygens (including phenoxy) is 1. The molecule has 1 fully saturated rings. The second kappa shape index (κ2) is 7.97. The predicted molar refractivity (Wildman–Crippen MR) is 101 cm³/mol. The minimum atomic E-state index is -4.69. The second-order valence-electron chi connectivity index (χ2n) is 7.41. The van der Waals surface area contributed by atoms with Gasteiger partial charge in [-0.15, -0.1) is 13.2 Å². The number of alkyl halides is 3. The van der Waals surface area contributed by atoms with Crippen LogP contribution in [0.1, 0.15) is 51.5 Å². The molecule has 3 nitrogen and oxygen atoms in total. The average molecular weight is 380 g/mol. The molecule has 6 heteroatoms. The first kappa shape index (κ1) is 19.8. The lowest BCUT2D eigenvalue weighted by Crippen LogP contribution is -2.40. The van der Waals surface area contributed by atoms with Crippen LogP contribution in [0.2, 0.25) is 0 Å². The van der Waals surface area contributed by atoms with Crippen molar-refractivity contribution < 1.29 is 17.9 Å². The standard InChI is InChI=1S/C21H27F3N2O/c1-3-5-18-20(10-12-25-13-11-20)9-8-15(2)19(26-18)16-6-4-7-17(14-16)27-21(22,23)24/h4-7,14,25-26H,3,8-13H2,1-2H3/b18-5-. The summed E-state index contributed by atoms with van der Waals surface area (Å²) in [5, 5.41) is 7.04. The van der Waals surface area contributed by atoms with E-state index in [2.05, 4.69) is 35.3 Å². The molecule has 0 unspecified atom stereocenters. The van der Waals surface area contributed by atoms with Crippen molar-refractivity contribution in [2.75, 3.05) is 13.1 Å². The van der Waals surface area contributed by atoms with Crippen LogP contribution in [0.15, 0.2) is 41.6 Å². The molecule has 1 aromatic rings. The van der Waals surface area contributed by atoms with E-state index < -0.39 is 6.36 Å². The summed E-state index contributed by atoms with van der Waals surface area (Å²) < 4.78 is 41.9. The third-order valence-electron chi connectivity index (χ3n) is 5.56. The van der Waals surface area contributed by atoms with Crippen molar-refractivity contribution in [3.8, 4) is 5.75 Å². The first-order valence-corrected chi connectivity index (χ1v) is 9.57. The van der Waals surface area contributed by atoms with Crippen molar-refractivity contribution in [3.05, 3.63) is 47.2 Å². The minimum Gasteiger partial charge on any atom is -0.406 e. The zero-order valence-electron chi connectivity index (χ0n) is 15.9. The Morgan fingerprint density at radius 2 is 1.93 bits per heavy atom. The summed E-state index contributed by atoms with van der Waals surface area (Å²) in [6, 6.07) is 6.23. The van der Waals surface area contributed by atoms with Crippen LogP contribution >= 0.6 is 0 Å². The fourth-order valence-electron chi connectivity index (χ4n) is 4.12. The third kappa shape index (κ3) is 4.67. The van der Waals surface area contributed by atoms with Gasteiger partial charge >= 0.3 is 6.36 Å². The Hall–Kier alpha value is -1.95. The molecule has 0 saturated carbocycles. The van der Waals surface area contributed by atoms with E-state index in [1.54, 1.807) is 6.07 Å². The fourth-order valence-corrected chi connectivity index (χ4v) is 4.12. The number of piperidine rings is 1. The largest absolute Gasteiger partial charge is 0.573 e. The Morgan fingerprint density at radius 1 is 1.19 bits per heavy atom. The average Bonchev–Trinajstić information content (AvgIpc) is 2.74. The van der Waals surface area contributed by atoms with Gasteiger partial charge in [0.15, 0.2) is 0 Å². The summed E-state index contributed by atoms with van der Waals surface area (Å²) in [5.41, 5.74) is 4.11. The fraction of sp³-hybridized carbons (Fsp3) is 0.524. The van der Waals surface area contributed by atoms with Crippen molar-refractivity contribution in [2.24, 2.45) is 5.41 Å². The molecule has 0 aliphatic carbocycles. The van der Waals surface area contributed by atoms with E-state index in [0.717, 1.165) is 62.0 Å². The van der Waals surface area contributed by atoms with Crippen LogP contribution in [0.25, 0.3) is 5.70 Å². The lowest BCUT2D eigenvalue weighted by Gasteiger charge is -2.39. The van der Waals surface area contributed by atoms with E-state index in [4.69, 9.17) is 0 Å². The van der Waals surface area contributed by atoms with Gasteiger partial charge in [0.25, 0.3) is 0 Å². The molecule has 2 heterocycles. The van der Waals surface area contributed by atoms with E-state index in [1.165, 1.54) is 17.8 Å². The predicted octanol–water partition coefficient (Wildman–Crippen LogP) is 5.36. The molecule has 0 radical (unpaired) electrons. The minimum absolute atomic E-state index is 0.115. The number of halogens is 3. The summed E-state index contributed by atoms with van der Waals surface area (Å²) >= 11 is 0. The van der Waals surface area contributed by atoms with Crippen LogP contribution in [0.5, 0.6) is 5.75 Å². The van der Waals surface area contributed by atoms with Crippen LogP contribution in [0.3, 0.4) is 0 Å². The highest BCUT2D eigenvalue weighted by molar-refractivity contribution is 5.70. The summed E-state index contributed by atoms with van der Waals surface area (Å²) in [5.74, 6) is -0.191. The Labute approximate surface area is 158 Å². The zero-order valence-corrected chi connectivity index (χ0v) is 15.9. The number of nitrogens with one attached hydrogen (secondary N) is 2. The number of hydrogen-bond acceptors (Lipinski definition) is 3. The van der Waals surface area contributed by atoms with Gasteiger partial charge in [-0.1, -0.05) is 25.1 Å². The SMILES string of the molecule is CC/C=C1\NC(c2cccc(OC(F)(F)F)c2)=C(C)CCC12CCNCC2. The smallest absolute Gasteiger partial charge is 0.406 e. The van der Waals surface area contributed by atoms with E-state index >= 15 is 0 Å². The van der Waals surface area contributed by atoms with Crippen molar-refractivity contribution in [3.63, 3.8) is 0 Å². The number of allylic oxidation sites excluding steroid dienone is 3. The molecule has 2 aliphatic heterocycles. The quantitative estimate of drug-likeness (QED) is 0.740. The summed E-state index contributed by atoms with van der Waals surface area (Å²) in [7, 11) is 0. The molecule has 27 heavy (non-hydrogen) atoms. The molecule has 0 aromatic heterocycles. The lowest BCUT2D eigenvalue weighted by atomic mass is 9.72. The topological polar surface area (TPSA) is 33.3 Å². The Balaban J connectivity index is 1.93. The lowest BCUT2D eigenvalue weighted by molar-refractivity contribution is -0.274. The van der Waals surface area contributed by atoms with Crippen molar-refractivity contribution in [1.29, 1.82) is 0 Å². The van der Waals surface area contributed by atoms with Crippen molar-refractivity contribution >= 4 is 5.70 Å². The molecule has 0 amide bonds. The first-order valence-electron chi connectivity index (χ1n) is 9.57. The van der Waals surface area contributed by atoms with E-state index in [1.807, 2.05) is 6.07 Å². The first-order chi connectivity index (χ1) is 12.8. The highest BCUT2D eigenvalue weighted by atomic mass is 19.4. The molecular formula is C21H27F3N2O. The molecule has 148 valence electrons. The monoisotopic (exact) mass is 380 g/mol. The summed E-state index contributed by atoms with van der Waals surface area (Å²) in [4.78, 5) is 0. The van der Waals surface area contributed by atoms with E-state index in [0.29, 0.717) is 0 Å². The van der Waals surface area contributed by atoms with Crippen molar-refractivity contribution in [1.82, 2.24) is 10.6 Å². The summed E-state index contributed by atoms with van der Waals surface area (Å²) in [6.07, 6.45) is 2.59. The molecule has 2 N–H and O–H groups in total. The molecule has 1 spiro atoms. The van der Waals surface area contributed by atoms with Crippen LogP contribution in [-0.4, -0.2) is 19.5 Å². The molecule has 2 aliphatic rings.